The standard InChI is InChI=1S/C12H15BrN2O2/c13-11-3-1-10(2-4-11)9-12(16)14-15-5-7-17-8-6-15/h1-4H,5-9H2,(H,14,16). The molecule has 1 aliphatic heterocycles. The highest BCUT2D eigenvalue weighted by atomic mass is 79.9. The van der Waals surface area contributed by atoms with Gasteiger partial charge in [0, 0.05) is 17.6 Å². The Morgan fingerprint density at radius 1 is 1.29 bits per heavy atom. The van der Waals surface area contributed by atoms with Gasteiger partial charge >= 0.3 is 0 Å². The molecule has 1 saturated heterocycles. The van der Waals surface area contributed by atoms with Gasteiger partial charge in [-0.2, -0.15) is 0 Å². The summed E-state index contributed by atoms with van der Waals surface area (Å²) in [7, 11) is 0. The van der Waals surface area contributed by atoms with Gasteiger partial charge in [-0.05, 0) is 17.7 Å². The van der Waals surface area contributed by atoms with Gasteiger partial charge in [-0.25, -0.2) is 5.01 Å². The molecule has 0 unspecified atom stereocenters. The average molecular weight is 299 g/mol. The largest absolute Gasteiger partial charge is 0.379 e. The fourth-order valence-electron chi connectivity index (χ4n) is 1.68. The summed E-state index contributed by atoms with van der Waals surface area (Å²) in [6.45, 7) is 2.87. The minimum Gasteiger partial charge on any atom is -0.379 e. The van der Waals surface area contributed by atoms with E-state index in [0.29, 0.717) is 19.6 Å². The highest BCUT2D eigenvalue weighted by Gasteiger charge is 2.12. The summed E-state index contributed by atoms with van der Waals surface area (Å²) in [5, 5.41) is 1.91. The lowest BCUT2D eigenvalue weighted by molar-refractivity contribution is -0.127. The van der Waals surface area contributed by atoms with E-state index in [4.69, 9.17) is 4.74 Å². The molecular weight excluding hydrogens is 284 g/mol. The lowest BCUT2D eigenvalue weighted by Gasteiger charge is -2.26. The summed E-state index contributed by atoms with van der Waals surface area (Å²) in [5.74, 6) is 0.0224. The van der Waals surface area contributed by atoms with Gasteiger partial charge in [0.2, 0.25) is 5.91 Å². The topological polar surface area (TPSA) is 41.6 Å². The molecule has 1 fully saturated rings. The zero-order chi connectivity index (χ0) is 12.1. The van der Waals surface area contributed by atoms with Gasteiger partial charge in [0.15, 0.2) is 0 Å². The number of nitrogens with zero attached hydrogens (tertiary/aromatic N) is 1. The molecule has 0 bridgehead atoms. The van der Waals surface area contributed by atoms with E-state index in [1.54, 1.807) is 0 Å². The molecular formula is C12H15BrN2O2. The molecule has 0 radical (unpaired) electrons. The average Bonchev–Trinajstić information content (AvgIpc) is 2.33. The third-order valence-corrected chi connectivity index (χ3v) is 3.10. The molecule has 17 heavy (non-hydrogen) atoms. The summed E-state index contributed by atoms with van der Waals surface area (Å²) in [5.41, 5.74) is 3.90. The Balaban J connectivity index is 1.82. The van der Waals surface area contributed by atoms with Crippen LogP contribution in [0.3, 0.4) is 0 Å². The molecule has 4 nitrogen and oxygen atoms in total. The predicted molar refractivity (Wildman–Crippen MR) is 68.4 cm³/mol. The van der Waals surface area contributed by atoms with Crippen molar-refractivity contribution in [2.75, 3.05) is 26.3 Å². The maximum Gasteiger partial charge on any atom is 0.238 e. The van der Waals surface area contributed by atoms with E-state index >= 15 is 0 Å². The number of hydrogen-bond donors (Lipinski definition) is 1. The van der Waals surface area contributed by atoms with Gasteiger partial charge in [0.1, 0.15) is 0 Å². The molecule has 5 heteroatoms. The van der Waals surface area contributed by atoms with Crippen LogP contribution >= 0.6 is 15.9 Å². The molecule has 0 saturated carbocycles. The molecule has 2 rings (SSSR count). The Labute approximate surface area is 109 Å². The van der Waals surface area contributed by atoms with Crippen molar-refractivity contribution >= 4 is 21.8 Å². The van der Waals surface area contributed by atoms with Gasteiger partial charge in [0.25, 0.3) is 0 Å². The normalized spacial score (nSPS) is 16.8. The van der Waals surface area contributed by atoms with Crippen LogP contribution in [0, 0.1) is 0 Å². The number of morpholine rings is 1. The summed E-state index contributed by atoms with van der Waals surface area (Å²) in [4.78, 5) is 11.8. The zero-order valence-corrected chi connectivity index (χ0v) is 11.1. The Hall–Kier alpha value is -0.910. The Morgan fingerprint density at radius 3 is 2.59 bits per heavy atom. The van der Waals surface area contributed by atoms with E-state index < -0.39 is 0 Å². The predicted octanol–water partition coefficient (Wildman–Crippen LogP) is 1.35. The van der Waals surface area contributed by atoms with Crippen molar-refractivity contribution in [3.63, 3.8) is 0 Å². The first-order valence-electron chi connectivity index (χ1n) is 5.60. The van der Waals surface area contributed by atoms with Gasteiger partial charge in [0.05, 0.1) is 19.6 Å². The summed E-state index contributed by atoms with van der Waals surface area (Å²) in [6.07, 6.45) is 0.407. The minimum absolute atomic E-state index is 0.0224. The minimum atomic E-state index is 0.0224. The van der Waals surface area contributed by atoms with Gasteiger partial charge in [-0.15, -0.1) is 0 Å². The van der Waals surface area contributed by atoms with Crippen LogP contribution in [0.25, 0.3) is 0 Å². The van der Waals surface area contributed by atoms with E-state index in [0.717, 1.165) is 23.1 Å². The van der Waals surface area contributed by atoms with E-state index in [1.807, 2.05) is 29.3 Å². The molecule has 0 aromatic heterocycles. The van der Waals surface area contributed by atoms with Crippen molar-refractivity contribution in [1.82, 2.24) is 10.4 Å². The number of benzene rings is 1. The third-order valence-electron chi connectivity index (χ3n) is 2.57. The monoisotopic (exact) mass is 298 g/mol. The van der Waals surface area contributed by atoms with E-state index in [9.17, 15) is 4.79 Å². The molecule has 1 amide bonds. The summed E-state index contributed by atoms with van der Waals surface area (Å²) >= 11 is 3.37. The lowest BCUT2D eigenvalue weighted by atomic mass is 10.1. The van der Waals surface area contributed by atoms with Crippen molar-refractivity contribution in [2.24, 2.45) is 0 Å². The lowest BCUT2D eigenvalue weighted by Crippen LogP contribution is -2.48. The van der Waals surface area contributed by atoms with Gasteiger partial charge in [-0.3, -0.25) is 10.2 Å². The van der Waals surface area contributed by atoms with Crippen LogP contribution in [-0.4, -0.2) is 37.2 Å². The van der Waals surface area contributed by atoms with Crippen molar-refractivity contribution in [1.29, 1.82) is 0 Å². The second kappa shape index (κ2) is 6.14. The fourth-order valence-corrected chi connectivity index (χ4v) is 1.94. The maximum absolute atomic E-state index is 11.8. The highest BCUT2D eigenvalue weighted by Crippen LogP contribution is 2.10. The summed E-state index contributed by atoms with van der Waals surface area (Å²) in [6, 6.07) is 7.78. The first-order valence-corrected chi connectivity index (χ1v) is 6.40. The molecule has 0 spiro atoms. The molecule has 1 aliphatic rings. The van der Waals surface area contributed by atoms with E-state index in [-0.39, 0.29) is 5.91 Å². The number of halogens is 1. The van der Waals surface area contributed by atoms with Crippen molar-refractivity contribution in [2.45, 2.75) is 6.42 Å². The van der Waals surface area contributed by atoms with Crippen LogP contribution in [-0.2, 0) is 16.0 Å². The van der Waals surface area contributed by atoms with Crippen LogP contribution < -0.4 is 5.43 Å². The number of ether oxygens (including phenoxy) is 1. The highest BCUT2D eigenvalue weighted by molar-refractivity contribution is 9.10. The third kappa shape index (κ3) is 4.11. The number of hydrazine groups is 1. The smallest absolute Gasteiger partial charge is 0.238 e. The number of rotatable bonds is 3. The Kier molecular flexibility index (Phi) is 4.53. The Bertz CT molecular complexity index is 375. The van der Waals surface area contributed by atoms with Crippen LogP contribution in [0.15, 0.2) is 28.7 Å². The second-order valence-corrected chi connectivity index (χ2v) is 4.85. The quantitative estimate of drug-likeness (QED) is 0.916. The fraction of sp³-hybridized carbons (Fsp3) is 0.417. The van der Waals surface area contributed by atoms with E-state index in [2.05, 4.69) is 21.4 Å². The van der Waals surface area contributed by atoms with Crippen LogP contribution in [0.1, 0.15) is 5.56 Å². The SMILES string of the molecule is O=C(Cc1ccc(Br)cc1)NN1CCOCC1. The molecule has 1 heterocycles. The Morgan fingerprint density at radius 2 is 1.94 bits per heavy atom. The number of carbonyl (C=O) groups excluding carboxylic acids is 1. The van der Waals surface area contributed by atoms with E-state index in [1.165, 1.54) is 0 Å². The molecule has 0 aliphatic carbocycles. The first-order chi connectivity index (χ1) is 8.24. The van der Waals surface area contributed by atoms with Crippen LogP contribution in [0.2, 0.25) is 0 Å². The molecule has 1 aromatic rings. The zero-order valence-electron chi connectivity index (χ0n) is 9.49. The van der Waals surface area contributed by atoms with Crippen LogP contribution in [0.4, 0.5) is 0 Å². The van der Waals surface area contributed by atoms with Crippen LogP contribution in [0.5, 0.6) is 0 Å². The number of nitrogens with one attached hydrogen (secondary N) is 1. The summed E-state index contributed by atoms with van der Waals surface area (Å²) < 4.78 is 6.24. The number of amides is 1. The number of carbonyl (C=O) groups is 1. The van der Waals surface area contributed by atoms with Gasteiger partial charge < -0.3 is 4.74 Å². The number of hydrogen-bond acceptors (Lipinski definition) is 3. The first kappa shape index (κ1) is 12.5. The van der Waals surface area contributed by atoms with Crippen molar-refractivity contribution in [3.05, 3.63) is 34.3 Å². The van der Waals surface area contributed by atoms with Crippen molar-refractivity contribution in [3.8, 4) is 0 Å². The molecule has 92 valence electrons. The molecule has 0 atom stereocenters. The molecule has 1 N–H and O–H groups in total. The van der Waals surface area contributed by atoms with Gasteiger partial charge in [-0.1, -0.05) is 28.1 Å². The van der Waals surface area contributed by atoms with Crippen molar-refractivity contribution < 1.29 is 9.53 Å². The maximum atomic E-state index is 11.8. The molecule has 1 aromatic carbocycles. The second-order valence-electron chi connectivity index (χ2n) is 3.94.